The highest BCUT2D eigenvalue weighted by Crippen LogP contribution is 2.22. The van der Waals surface area contributed by atoms with Crippen LogP contribution in [-0.2, 0) is 19.6 Å². The number of anilines is 1. The first-order chi connectivity index (χ1) is 10.9. The lowest BCUT2D eigenvalue weighted by Gasteiger charge is -2.25. The van der Waals surface area contributed by atoms with E-state index in [9.17, 15) is 18.0 Å². The van der Waals surface area contributed by atoms with Crippen molar-refractivity contribution in [3.8, 4) is 0 Å². The molecule has 1 amide bonds. The van der Waals surface area contributed by atoms with Gasteiger partial charge < -0.3 is 10.4 Å². The fourth-order valence-electron chi connectivity index (χ4n) is 2.41. The zero-order chi connectivity index (χ0) is 16.9. The second-order valence-electron chi connectivity index (χ2n) is 5.43. The van der Waals surface area contributed by atoms with Crippen LogP contribution in [-0.4, -0.2) is 42.8 Å². The van der Waals surface area contributed by atoms with Crippen LogP contribution in [0.2, 0.25) is 0 Å². The maximum Gasteiger partial charge on any atom is 0.303 e. The number of carboxylic acid groups (broad SMARTS) is 1. The van der Waals surface area contributed by atoms with E-state index in [0.29, 0.717) is 18.8 Å². The van der Waals surface area contributed by atoms with Crippen molar-refractivity contribution in [3.05, 3.63) is 24.3 Å². The lowest BCUT2D eigenvalue weighted by atomic mass is 10.2. The summed E-state index contributed by atoms with van der Waals surface area (Å²) in [6.45, 7) is 1.08. The summed E-state index contributed by atoms with van der Waals surface area (Å²) in [7, 11) is -3.49. The van der Waals surface area contributed by atoms with Crippen molar-refractivity contribution in [2.45, 2.75) is 37.0 Å². The Morgan fingerprint density at radius 2 is 1.65 bits per heavy atom. The Labute approximate surface area is 135 Å². The van der Waals surface area contributed by atoms with Crippen LogP contribution >= 0.6 is 0 Å². The average Bonchev–Trinajstić information content (AvgIpc) is 2.54. The number of carbonyl (C=O) groups excluding carboxylic acids is 1. The summed E-state index contributed by atoms with van der Waals surface area (Å²) in [4.78, 5) is 22.2. The Balaban J connectivity index is 2.01. The Hall–Kier alpha value is -1.93. The monoisotopic (exact) mass is 340 g/mol. The van der Waals surface area contributed by atoms with Gasteiger partial charge in [0.05, 0.1) is 11.3 Å². The Morgan fingerprint density at radius 1 is 1.04 bits per heavy atom. The molecule has 126 valence electrons. The molecule has 0 saturated carbocycles. The number of carboxylic acids is 1. The summed E-state index contributed by atoms with van der Waals surface area (Å²) >= 11 is 0. The van der Waals surface area contributed by atoms with Gasteiger partial charge in [0.25, 0.3) is 0 Å². The zero-order valence-corrected chi connectivity index (χ0v) is 13.5. The molecular weight excluding hydrogens is 320 g/mol. The molecule has 8 heteroatoms. The SMILES string of the molecule is O=C(O)CCC(=O)Nc1ccc(S(=O)(=O)N2CCCCC2)cc1. The summed E-state index contributed by atoms with van der Waals surface area (Å²) < 4.78 is 26.4. The fourth-order valence-corrected chi connectivity index (χ4v) is 3.93. The highest BCUT2D eigenvalue weighted by atomic mass is 32.2. The molecule has 0 spiro atoms. The lowest BCUT2D eigenvalue weighted by molar-refractivity contribution is -0.138. The number of carbonyl (C=O) groups is 2. The topological polar surface area (TPSA) is 104 Å². The molecule has 1 saturated heterocycles. The van der Waals surface area contributed by atoms with Gasteiger partial charge in [0.2, 0.25) is 15.9 Å². The van der Waals surface area contributed by atoms with Crippen LogP contribution < -0.4 is 5.32 Å². The third-order valence-corrected chi connectivity index (χ3v) is 5.57. The second-order valence-corrected chi connectivity index (χ2v) is 7.37. The molecule has 23 heavy (non-hydrogen) atoms. The number of hydrogen-bond acceptors (Lipinski definition) is 4. The minimum atomic E-state index is -3.49. The van der Waals surface area contributed by atoms with Crippen molar-refractivity contribution in [2.24, 2.45) is 0 Å². The molecule has 7 nitrogen and oxygen atoms in total. The molecule has 0 radical (unpaired) electrons. The van der Waals surface area contributed by atoms with Crippen LogP contribution in [0.25, 0.3) is 0 Å². The van der Waals surface area contributed by atoms with Gasteiger partial charge in [0.1, 0.15) is 0 Å². The van der Waals surface area contributed by atoms with Gasteiger partial charge in [-0.1, -0.05) is 6.42 Å². The first kappa shape index (κ1) is 17.4. The molecule has 0 aliphatic carbocycles. The predicted molar refractivity (Wildman–Crippen MR) is 84.6 cm³/mol. The third-order valence-electron chi connectivity index (χ3n) is 3.66. The molecule has 0 bridgehead atoms. The van der Waals surface area contributed by atoms with Crippen LogP contribution in [0.1, 0.15) is 32.1 Å². The van der Waals surface area contributed by atoms with Crippen molar-refractivity contribution in [3.63, 3.8) is 0 Å². The van der Waals surface area contributed by atoms with Gasteiger partial charge in [0.15, 0.2) is 0 Å². The number of nitrogens with one attached hydrogen (secondary N) is 1. The van der Waals surface area contributed by atoms with Crippen molar-refractivity contribution < 1.29 is 23.1 Å². The Bertz CT molecular complexity index is 664. The minimum absolute atomic E-state index is 0.122. The van der Waals surface area contributed by atoms with Crippen molar-refractivity contribution in [1.29, 1.82) is 0 Å². The highest BCUT2D eigenvalue weighted by Gasteiger charge is 2.25. The van der Waals surface area contributed by atoms with E-state index in [1.165, 1.54) is 28.6 Å². The van der Waals surface area contributed by atoms with Crippen molar-refractivity contribution in [1.82, 2.24) is 4.31 Å². The highest BCUT2D eigenvalue weighted by molar-refractivity contribution is 7.89. The third kappa shape index (κ3) is 4.77. The van der Waals surface area contributed by atoms with E-state index in [1.54, 1.807) is 0 Å². The summed E-state index contributed by atoms with van der Waals surface area (Å²) in [5.41, 5.74) is 0.443. The van der Waals surface area contributed by atoms with Gasteiger partial charge >= 0.3 is 5.97 Å². The maximum atomic E-state index is 12.5. The van der Waals surface area contributed by atoms with E-state index >= 15 is 0 Å². The first-order valence-electron chi connectivity index (χ1n) is 7.51. The molecule has 2 rings (SSSR count). The largest absolute Gasteiger partial charge is 0.481 e. The summed E-state index contributed by atoms with van der Waals surface area (Å²) in [6.07, 6.45) is 2.43. The number of sulfonamides is 1. The van der Waals surface area contributed by atoms with Crippen LogP contribution in [0, 0.1) is 0 Å². The van der Waals surface area contributed by atoms with Crippen LogP contribution in [0.3, 0.4) is 0 Å². The smallest absolute Gasteiger partial charge is 0.303 e. The van der Waals surface area contributed by atoms with Gasteiger partial charge in [-0.25, -0.2) is 8.42 Å². The van der Waals surface area contributed by atoms with Crippen LogP contribution in [0.5, 0.6) is 0 Å². The summed E-state index contributed by atoms with van der Waals surface area (Å²) in [5, 5.41) is 11.1. The van der Waals surface area contributed by atoms with Crippen LogP contribution in [0.15, 0.2) is 29.2 Å². The fraction of sp³-hybridized carbons (Fsp3) is 0.467. The predicted octanol–water partition coefficient (Wildman–Crippen LogP) is 1.66. The lowest BCUT2D eigenvalue weighted by Crippen LogP contribution is -2.35. The number of aliphatic carboxylic acids is 1. The van der Waals surface area contributed by atoms with E-state index in [4.69, 9.17) is 5.11 Å². The molecular formula is C15H20N2O5S. The number of benzene rings is 1. The Kier molecular flexibility index (Phi) is 5.73. The molecule has 1 aliphatic rings. The van der Waals surface area contributed by atoms with Gasteiger partial charge in [-0.05, 0) is 37.1 Å². The second kappa shape index (κ2) is 7.56. The first-order valence-corrected chi connectivity index (χ1v) is 8.95. The normalized spacial score (nSPS) is 16.0. The van der Waals surface area contributed by atoms with Gasteiger partial charge in [-0.15, -0.1) is 0 Å². The number of hydrogen-bond donors (Lipinski definition) is 2. The van der Waals surface area contributed by atoms with E-state index in [0.717, 1.165) is 19.3 Å². The molecule has 1 aromatic carbocycles. The number of amides is 1. The van der Waals surface area contributed by atoms with Crippen LogP contribution in [0.4, 0.5) is 5.69 Å². The standard InChI is InChI=1S/C15H20N2O5S/c18-14(8-9-15(19)20)16-12-4-6-13(7-5-12)23(21,22)17-10-2-1-3-11-17/h4-7H,1-3,8-11H2,(H,16,18)(H,19,20). The summed E-state index contributed by atoms with van der Waals surface area (Å²) in [6, 6.07) is 5.93. The maximum absolute atomic E-state index is 12.5. The quantitative estimate of drug-likeness (QED) is 0.820. The molecule has 2 N–H and O–H groups in total. The molecule has 1 aliphatic heterocycles. The summed E-state index contributed by atoms with van der Waals surface area (Å²) in [5.74, 6) is -1.46. The van der Waals surface area contributed by atoms with E-state index in [-0.39, 0.29) is 17.7 Å². The van der Waals surface area contributed by atoms with Gasteiger partial charge in [-0.3, -0.25) is 9.59 Å². The number of nitrogens with zero attached hydrogens (tertiary/aromatic N) is 1. The van der Waals surface area contributed by atoms with Gasteiger partial charge in [0, 0.05) is 25.2 Å². The van der Waals surface area contributed by atoms with Gasteiger partial charge in [-0.2, -0.15) is 4.31 Å². The molecule has 0 aromatic heterocycles. The average molecular weight is 340 g/mol. The zero-order valence-electron chi connectivity index (χ0n) is 12.7. The van der Waals surface area contributed by atoms with Crippen molar-refractivity contribution in [2.75, 3.05) is 18.4 Å². The molecule has 1 aromatic rings. The minimum Gasteiger partial charge on any atom is -0.481 e. The number of rotatable bonds is 6. The Morgan fingerprint density at radius 3 is 2.22 bits per heavy atom. The molecule has 1 fully saturated rings. The number of piperidine rings is 1. The molecule has 0 unspecified atom stereocenters. The molecule has 1 heterocycles. The molecule has 0 atom stereocenters. The van der Waals surface area contributed by atoms with E-state index in [1.807, 2.05) is 0 Å². The van der Waals surface area contributed by atoms with E-state index in [2.05, 4.69) is 5.32 Å². The van der Waals surface area contributed by atoms with Crippen molar-refractivity contribution >= 4 is 27.6 Å². The van der Waals surface area contributed by atoms with E-state index < -0.39 is 21.9 Å².